The van der Waals surface area contributed by atoms with Crippen LogP contribution < -0.4 is 10.6 Å². The van der Waals surface area contributed by atoms with Crippen molar-refractivity contribution in [2.24, 2.45) is 0 Å². The molecule has 2 saturated heterocycles. The number of fused-ring (bicyclic) bond motifs is 1. The van der Waals surface area contributed by atoms with Crippen LogP contribution in [0.4, 0.5) is 4.79 Å². The molecule has 0 saturated carbocycles. The third-order valence-corrected chi connectivity index (χ3v) is 5.36. The van der Waals surface area contributed by atoms with E-state index in [4.69, 9.17) is 4.42 Å². The van der Waals surface area contributed by atoms with E-state index in [0.717, 1.165) is 8.96 Å². The Morgan fingerprint density at radius 1 is 1.25 bits per heavy atom. The standard InChI is InChI=1S/C16H14IN3O4/c17-9-1-2-10-11(8-24-12(10)7-9)13(21)20-5-3-16(4-6-20)14(22)18-15(23)19-16/h1-2,7-8H,3-6H2,(H2,18,19,22,23). The van der Waals surface area contributed by atoms with Gasteiger partial charge in [-0.25, -0.2) is 4.79 Å². The molecule has 24 heavy (non-hydrogen) atoms. The summed E-state index contributed by atoms with van der Waals surface area (Å²) in [5.41, 5.74) is 0.334. The predicted molar refractivity (Wildman–Crippen MR) is 93.5 cm³/mol. The first-order valence-corrected chi connectivity index (χ1v) is 8.66. The number of carbonyl (C=O) groups excluding carboxylic acids is 3. The van der Waals surface area contributed by atoms with E-state index in [1.54, 1.807) is 4.90 Å². The Labute approximate surface area is 150 Å². The number of hydrogen-bond acceptors (Lipinski definition) is 4. The zero-order valence-corrected chi connectivity index (χ0v) is 14.8. The SMILES string of the molecule is O=C1NC(=O)C2(CCN(C(=O)c3coc4cc(I)ccc34)CC2)N1. The largest absolute Gasteiger partial charge is 0.463 e. The molecule has 8 heteroatoms. The van der Waals surface area contributed by atoms with Crippen molar-refractivity contribution in [2.45, 2.75) is 18.4 Å². The topological polar surface area (TPSA) is 91.7 Å². The molecule has 0 unspecified atom stereocenters. The Morgan fingerprint density at radius 3 is 2.67 bits per heavy atom. The van der Waals surface area contributed by atoms with E-state index in [1.807, 2.05) is 18.2 Å². The Kier molecular flexibility index (Phi) is 3.52. The van der Waals surface area contributed by atoms with Crippen LogP contribution >= 0.6 is 22.6 Å². The number of likely N-dealkylation sites (tertiary alicyclic amines) is 1. The highest BCUT2D eigenvalue weighted by atomic mass is 127. The van der Waals surface area contributed by atoms with Crippen molar-refractivity contribution in [3.8, 4) is 0 Å². The maximum atomic E-state index is 12.8. The number of furan rings is 1. The molecule has 2 fully saturated rings. The number of benzene rings is 1. The fourth-order valence-electron chi connectivity index (χ4n) is 3.31. The van der Waals surface area contributed by atoms with Crippen molar-refractivity contribution < 1.29 is 18.8 Å². The molecule has 1 aromatic carbocycles. The van der Waals surface area contributed by atoms with Crippen LogP contribution in [0.1, 0.15) is 23.2 Å². The van der Waals surface area contributed by atoms with Crippen LogP contribution in [-0.2, 0) is 4.79 Å². The molecular weight excluding hydrogens is 425 g/mol. The van der Waals surface area contributed by atoms with E-state index in [0.29, 0.717) is 37.1 Å². The molecule has 124 valence electrons. The zero-order valence-electron chi connectivity index (χ0n) is 12.6. The second-order valence-electron chi connectivity index (χ2n) is 6.07. The van der Waals surface area contributed by atoms with E-state index in [1.165, 1.54) is 6.26 Å². The Hall–Kier alpha value is -2.10. The van der Waals surface area contributed by atoms with Gasteiger partial charge >= 0.3 is 6.03 Å². The summed E-state index contributed by atoms with van der Waals surface area (Å²) in [6, 6.07) is 5.23. The third-order valence-electron chi connectivity index (χ3n) is 4.69. The highest BCUT2D eigenvalue weighted by molar-refractivity contribution is 14.1. The number of amides is 4. The van der Waals surface area contributed by atoms with Crippen molar-refractivity contribution in [1.82, 2.24) is 15.5 Å². The van der Waals surface area contributed by atoms with Gasteiger partial charge in [0, 0.05) is 22.0 Å². The number of halogens is 1. The number of hydrogen-bond donors (Lipinski definition) is 2. The maximum absolute atomic E-state index is 12.8. The highest BCUT2D eigenvalue weighted by Gasteiger charge is 2.48. The lowest BCUT2D eigenvalue weighted by atomic mass is 9.87. The number of rotatable bonds is 1. The average molecular weight is 439 g/mol. The molecule has 4 amide bonds. The van der Waals surface area contributed by atoms with Gasteiger partial charge < -0.3 is 14.6 Å². The molecule has 0 bridgehead atoms. The number of nitrogens with zero attached hydrogens (tertiary/aromatic N) is 1. The van der Waals surface area contributed by atoms with Crippen LogP contribution in [0.5, 0.6) is 0 Å². The summed E-state index contributed by atoms with van der Waals surface area (Å²) in [4.78, 5) is 37.8. The van der Waals surface area contributed by atoms with Crippen LogP contribution in [-0.4, -0.2) is 41.4 Å². The molecule has 0 atom stereocenters. The van der Waals surface area contributed by atoms with Gasteiger partial charge in [0.05, 0.1) is 5.56 Å². The second kappa shape index (κ2) is 5.47. The summed E-state index contributed by atoms with van der Waals surface area (Å²) in [6.45, 7) is 0.813. The van der Waals surface area contributed by atoms with Gasteiger partial charge in [0.2, 0.25) is 0 Å². The fraction of sp³-hybridized carbons (Fsp3) is 0.312. The monoisotopic (exact) mass is 439 g/mol. The van der Waals surface area contributed by atoms with Gasteiger partial charge in [-0.3, -0.25) is 14.9 Å². The normalized spacial score (nSPS) is 19.6. The molecule has 2 aliphatic heterocycles. The Morgan fingerprint density at radius 2 is 2.00 bits per heavy atom. The molecule has 2 aromatic rings. The third kappa shape index (κ3) is 2.36. The number of piperidine rings is 1. The van der Waals surface area contributed by atoms with Crippen LogP contribution in [0.25, 0.3) is 11.0 Å². The van der Waals surface area contributed by atoms with Gasteiger partial charge in [0.1, 0.15) is 17.4 Å². The number of nitrogens with one attached hydrogen (secondary N) is 2. The summed E-state index contributed by atoms with van der Waals surface area (Å²) in [7, 11) is 0. The predicted octanol–water partition coefficient (Wildman–Crippen LogP) is 1.85. The quantitative estimate of drug-likeness (QED) is 0.524. The van der Waals surface area contributed by atoms with E-state index >= 15 is 0 Å². The molecule has 0 radical (unpaired) electrons. The summed E-state index contributed by atoms with van der Waals surface area (Å²) >= 11 is 2.19. The first kappa shape index (κ1) is 15.4. The van der Waals surface area contributed by atoms with Crippen molar-refractivity contribution in [2.75, 3.05) is 13.1 Å². The number of urea groups is 1. The molecule has 3 heterocycles. The molecule has 7 nitrogen and oxygen atoms in total. The average Bonchev–Trinajstić information content (AvgIpc) is 3.08. The Bertz CT molecular complexity index is 867. The molecule has 2 aliphatic rings. The van der Waals surface area contributed by atoms with Gasteiger partial charge in [0.15, 0.2) is 0 Å². The number of carbonyl (C=O) groups is 3. The summed E-state index contributed by atoms with van der Waals surface area (Å²) < 4.78 is 6.53. The summed E-state index contributed by atoms with van der Waals surface area (Å²) in [6.07, 6.45) is 2.30. The minimum atomic E-state index is -0.873. The second-order valence-corrected chi connectivity index (χ2v) is 7.32. The maximum Gasteiger partial charge on any atom is 0.322 e. The Balaban J connectivity index is 1.54. The molecule has 2 N–H and O–H groups in total. The first-order chi connectivity index (χ1) is 11.5. The van der Waals surface area contributed by atoms with Crippen LogP contribution in [0.15, 0.2) is 28.9 Å². The fourth-order valence-corrected chi connectivity index (χ4v) is 3.77. The molecule has 1 spiro atoms. The molecule has 4 rings (SSSR count). The van der Waals surface area contributed by atoms with Gasteiger partial charge in [0.25, 0.3) is 11.8 Å². The van der Waals surface area contributed by atoms with E-state index < -0.39 is 11.6 Å². The van der Waals surface area contributed by atoms with Crippen molar-refractivity contribution in [1.29, 1.82) is 0 Å². The zero-order chi connectivity index (χ0) is 16.9. The smallest absolute Gasteiger partial charge is 0.322 e. The van der Waals surface area contributed by atoms with E-state index in [-0.39, 0.29) is 11.8 Å². The minimum Gasteiger partial charge on any atom is -0.463 e. The van der Waals surface area contributed by atoms with Gasteiger partial charge in [-0.1, -0.05) is 0 Å². The van der Waals surface area contributed by atoms with E-state index in [2.05, 4.69) is 33.2 Å². The van der Waals surface area contributed by atoms with Crippen LogP contribution in [0.3, 0.4) is 0 Å². The highest BCUT2D eigenvalue weighted by Crippen LogP contribution is 2.29. The van der Waals surface area contributed by atoms with E-state index in [9.17, 15) is 14.4 Å². The van der Waals surface area contributed by atoms with Gasteiger partial charge in [-0.05, 0) is 53.6 Å². The molecule has 0 aliphatic carbocycles. The summed E-state index contributed by atoms with van der Waals surface area (Å²) in [5.74, 6) is -0.419. The molecular formula is C16H14IN3O4. The molecule has 1 aromatic heterocycles. The van der Waals surface area contributed by atoms with Crippen LogP contribution in [0.2, 0.25) is 0 Å². The van der Waals surface area contributed by atoms with Crippen molar-refractivity contribution in [3.63, 3.8) is 0 Å². The van der Waals surface area contributed by atoms with Crippen molar-refractivity contribution >= 4 is 51.4 Å². The lowest BCUT2D eigenvalue weighted by molar-refractivity contribution is -0.125. The number of imide groups is 1. The minimum absolute atomic E-state index is 0.116. The lowest BCUT2D eigenvalue weighted by Gasteiger charge is -2.36. The van der Waals surface area contributed by atoms with Gasteiger partial charge in [-0.2, -0.15) is 0 Å². The first-order valence-electron chi connectivity index (χ1n) is 7.58. The van der Waals surface area contributed by atoms with Crippen molar-refractivity contribution in [3.05, 3.63) is 33.6 Å². The van der Waals surface area contributed by atoms with Crippen LogP contribution in [0, 0.1) is 3.57 Å². The van der Waals surface area contributed by atoms with Gasteiger partial charge in [-0.15, -0.1) is 0 Å². The summed E-state index contributed by atoms with van der Waals surface area (Å²) in [5, 5.41) is 5.75. The lowest BCUT2D eigenvalue weighted by Crippen LogP contribution is -2.55.